The molecule has 0 saturated carbocycles. The van der Waals surface area contributed by atoms with E-state index < -0.39 is 27.8 Å². The van der Waals surface area contributed by atoms with E-state index in [1.807, 2.05) is 0 Å². The summed E-state index contributed by atoms with van der Waals surface area (Å²) >= 11 is 11.0. The van der Waals surface area contributed by atoms with Crippen molar-refractivity contribution in [2.24, 2.45) is 0 Å². The van der Waals surface area contributed by atoms with Gasteiger partial charge in [-0.3, -0.25) is 4.18 Å². The second kappa shape index (κ2) is 5.01. The van der Waals surface area contributed by atoms with E-state index in [1.54, 1.807) is 0 Å². The number of rotatable bonds is 3. The van der Waals surface area contributed by atoms with Crippen LogP contribution in [0.5, 0.6) is 0 Å². The van der Waals surface area contributed by atoms with Crippen molar-refractivity contribution in [2.75, 3.05) is 6.61 Å². The lowest BCUT2D eigenvalue weighted by Crippen LogP contribution is -2.20. The van der Waals surface area contributed by atoms with Crippen LogP contribution < -0.4 is 0 Å². The van der Waals surface area contributed by atoms with Crippen LogP contribution in [-0.4, -0.2) is 21.2 Å². The smallest absolute Gasteiger partial charge is 0.257 e. The van der Waals surface area contributed by atoms with E-state index in [2.05, 4.69) is 4.18 Å². The Bertz CT molecular complexity index is 513. The third-order valence-electron chi connectivity index (χ3n) is 1.54. The van der Waals surface area contributed by atoms with Crippen molar-refractivity contribution in [1.82, 2.24) is 0 Å². The molecule has 0 unspecified atom stereocenters. The van der Waals surface area contributed by atoms with Crippen molar-refractivity contribution in [3.8, 4) is 0 Å². The highest BCUT2D eigenvalue weighted by atomic mass is 35.5. The third-order valence-corrected chi connectivity index (χ3v) is 3.52. The summed E-state index contributed by atoms with van der Waals surface area (Å²) in [6.07, 6.45) is -4.75. The van der Waals surface area contributed by atoms with Crippen LogP contribution in [0.4, 0.5) is 13.2 Å². The van der Waals surface area contributed by atoms with Crippen LogP contribution in [-0.2, 0) is 14.3 Å². The zero-order valence-electron chi connectivity index (χ0n) is 7.96. The Balaban J connectivity index is 3.02. The predicted octanol–water partition coefficient (Wildman–Crippen LogP) is 3.26. The van der Waals surface area contributed by atoms with E-state index in [4.69, 9.17) is 23.2 Å². The molecule has 1 aromatic rings. The van der Waals surface area contributed by atoms with Crippen molar-refractivity contribution >= 4 is 33.3 Å². The third kappa shape index (κ3) is 4.34. The Kier molecular flexibility index (Phi) is 4.29. The molecule has 0 fully saturated rings. The van der Waals surface area contributed by atoms with Crippen molar-refractivity contribution < 1.29 is 25.8 Å². The highest BCUT2D eigenvalue weighted by molar-refractivity contribution is 7.86. The monoisotopic (exact) mass is 308 g/mol. The van der Waals surface area contributed by atoms with Gasteiger partial charge in [0.05, 0.1) is 5.02 Å². The zero-order valence-corrected chi connectivity index (χ0v) is 10.3. The zero-order chi connectivity index (χ0) is 13.3. The minimum absolute atomic E-state index is 0.0172. The van der Waals surface area contributed by atoms with E-state index in [-0.39, 0.29) is 10.0 Å². The normalized spacial score (nSPS) is 12.8. The first kappa shape index (κ1) is 14.6. The SMILES string of the molecule is O=S(=O)(OCC(F)(F)F)c1cc(Cl)ccc1Cl. The van der Waals surface area contributed by atoms with Gasteiger partial charge in [0, 0.05) is 5.02 Å². The van der Waals surface area contributed by atoms with Gasteiger partial charge < -0.3 is 0 Å². The molecule has 3 nitrogen and oxygen atoms in total. The molecule has 0 N–H and O–H groups in total. The average molecular weight is 309 g/mol. The molecular weight excluding hydrogens is 304 g/mol. The molecule has 1 rings (SSSR count). The molecule has 0 aromatic heterocycles. The molecule has 0 aliphatic rings. The molecule has 0 radical (unpaired) electrons. The highest BCUT2D eigenvalue weighted by Gasteiger charge is 2.32. The van der Waals surface area contributed by atoms with Crippen LogP contribution in [0.1, 0.15) is 0 Å². The molecule has 0 aliphatic carbocycles. The molecule has 17 heavy (non-hydrogen) atoms. The largest absolute Gasteiger partial charge is 0.413 e. The summed E-state index contributed by atoms with van der Waals surface area (Å²) in [7, 11) is -4.58. The number of benzene rings is 1. The molecule has 0 saturated heterocycles. The lowest BCUT2D eigenvalue weighted by atomic mass is 10.4. The molecule has 96 valence electrons. The first-order valence-corrected chi connectivity index (χ1v) is 6.19. The van der Waals surface area contributed by atoms with E-state index >= 15 is 0 Å². The Morgan fingerprint density at radius 1 is 1.24 bits per heavy atom. The second-order valence-corrected chi connectivity index (χ2v) is 5.33. The van der Waals surface area contributed by atoms with Crippen LogP contribution in [0, 0.1) is 0 Å². The molecule has 0 atom stereocenters. The van der Waals surface area contributed by atoms with Crippen LogP contribution in [0.25, 0.3) is 0 Å². The Morgan fingerprint density at radius 3 is 2.35 bits per heavy atom. The fourth-order valence-corrected chi connectivity index (χ4v) is 2.51. The van der Waals surface area contributed by atoms with Crippen LogP contribution in [0.15, 0.2) is 23.1 Å². The lowest BCUT2D eigenvalue weighted by molar-refractivity contribution is -0.152. The van der Waals surface area contributed by atoms with Gasteiger partial charge in [0.25, 0.3) is 10.1 Å². The average Bonchev–Trinajstić information content (AvgIpc) is 2.18. The Morgan fingerprint density at radius 2 is 1.82 bits per heavy atom. The molecule has 0 aliphatic heterocycles. The maximum Gasteiger partial charge on any atom is 0.413 e. The number of hydrogen-bond donors (Lipinski definition) is 0. The van der Waals surface area contributed by atoms with Gasteiger partial charge in [0.2, 0.25) is 0 Å². The van der Waals surface area contributed by atoms with Gasteiger partial charge in [-0.1, -0.05) is 23.2 Å². The quantitative estimate of drug-likeness (QED) is 0.805. The molecular formula is C8H5Cl2F3O3S. The molecule has 0 bridgehead atoms. The van der Waals surface area contributed by atoms with Gasteiger partial charge in [-0.25, -0.2) is 0 Å². The molecule has 9 heteroatoms. The van der Waals surface area contributed by atoms with E-state index in [0.29, 0.717) is 0 Å². The summed E-state index contributed by atoms with van der Waals surface area (Å²) in [5.41, 5.74) is 0. The summed E-state index contributed by atoms with van der Waals surface area (Å²) < 4.78 is 62.1. The summed E-state index contributed by atoms with van der Waals surface area (Å²) in [6, 6.07) is 3.36. The summed E-state index contributed by atoms with van der Waals surface area (Å²) in [5.74, 6) is 0. The summed E-state index contributed by atoms with van der Waals surface area (Å²) in [4.78, 5) is -0.601. The van der Waals surface area contributed by atoms with Crippen molar-refractivity contribution in [1.29, 1.82) is 0 Å². The van der Waals surface area contributed by atoms with Gasteiger partial charge in [0.15, 0.2) is 6.61 Å². The van der Waals surface area contributed by atoms with E-state index in [1.165, 1.54) is 6.07 Å². The van der Waals surface area contributed by atoms with Crippen LogP contribution in [0.2, 0.25) is 10.0 Å². The second-order valence-electron chi connectivity index (χ2n) is 2.91. The molecule has 0 spiro atoms. The summed E-state index contributed by atoms with van der Waals surface area (Å²) in [6.45, 7) is -1.92. The van der Waals surface area contributed by atoms with Gasteiger partial charge in [-0.05, 0) is 18.2 Å². The molecule has 0 heterocycles. The van der Waals surface area contributed by atoms with Gasteiger partial charge in [-0.15, -0.1) is 0 Å². The van der Waals surface area contributed by atoms with Gasteiger partial charge in [0.1, 0.15) is 4.90 Å². The van der Waals surface area contributed by atoms with Crippen LogP contribution >= 0.6 is 23.2 Å². The number of halogens is 5. The highest BCUT2D eigenvalue weighted by Crippen LogP contribution is 2.27. The Labute approximate surface area is 105 Å². The van der Waals surface area contributed by atoms with E-state index in [9.17, 15) is 21.6 Å². The van der Waals surface area contributed by atoms with E-state index in [0.717, 1.165) is 12.1 Å². The van der Waals surface area contributed by atoms with Gasteiger partial charge in [-0.2, -0.15) is 21.6 Å². The fraction of sp³-hybridized carbons (Fsp3) is 0.250. The van der Waals surface area contributed by atoms with Crippen molar-refractivity contribution in [3.05, 3.63) is 28.2 Å². The number of hydrogen-bond acceptors (Lipinski definition) is 3. The maximum atomic E-state index is 11.8. The molecule has 0 amide bonds. The minimum Gasteiger partial charge on any atom is -0.257 e. The molecule has 1 aromatic carbocycles. The first-order chi connectivity index (χ1) is 7.62. The topological polar surface area (TPSA) is 43.4 Å². The fourth-order valence-electron chi connectivity index (χ4n) is 0.877. The first-order valence-electron chi connectivity index (χ1n) is 4.03. The van der Waals surface area contributed by atoms with Crippen molar-refractivity contribution in [2.45, 2.75) is 11.1 Å². The van der Waals surface area contributed by atoms with Crippen LogP contribution in [0.3, 0.4) is 0 Å². The number of alkyl halides is 3. The lowest BCUT2D eigenvalue weighted by Gasteiger charge is -2.09. The summed E-state index contributed by atoms with van der Waals surface area (Å²) in [5, 5.41) is -0.250. The minimum atomic E-state index is -4.75. The van der Waals surface area contributed by atoms with Crippen molar-refractivity contribution in [3.63, 3.8) is 0 Å². The Hall–Kier alpha value is -0.500. The van der Waals surface area contributed by atoms with Gasteiger partial charge >= 0.3 is 6.18 Å². The standard InChI is InChI=1S/C8H5Cl2F3O3S/c9-5-1-2-6(10)7(3-5)17(14,15)16-4-8(11,12)13/h1-3H,4H2. The predicted molar refractivity (Wildman–Crippen MR) is 55.7 cm³/mol. The maximum absolute atomic E-state index is 11.8.